The van der Waals surface area contributed by atoms with E-state index in [-0.39, 0.29) is 6.54 Å². The van der Waals surface area contributed by atoms with Gasteiger partial charge in [-0.3, -0.25) is 14.6 Å². The fraction of sp³-hybridized carbons (Fsp3) is 0.917. The van der Waals surface area contributed by atoms with Crippen LogP contribution in [-0.2, 0) is 4.79 Å². The second kappa shape index (κ2) is 4.34. The number of aliphatic carboxylic acids is 1. The molecule has 0 aromatic carbocycles. The summed E-state index contributed by atoms with van der Waals surface area (Å²) >= 11 is 0. The summed E-state index contributed by atoms with van der Waals surface area (Å²) in [7, 11) is 0. The van der Waals surface area contributed by atoms with Gasteiger partial charge in [-0.25, -0.2) is 0 Å². The molecule has 0 saturated carbocycles. The number of rotatable bonds is 4. The summed E-state index contributed by atoms with van der Waals surface area (Å²) in [4.78, 5) is 15.2. The SMILES string of the molecule is CCC(C)N1CCC2(CN(CC(=O)O)C2)C1. The smallest absolute Gasteiger partial charge is 0.317 e. The summed E-state index contributed by atoms with van der Waals surface area (Å²) in [5.41, 5.74) is 0.416. The van der Waals surface area contributed by atoms with Crippen LogP contribution in [0, 0.1) is 5.41 Å². The normalized spacial score (nSPS) is 26.9. The molecule has 92 valence electrons. The van der Waals surface area contributed by atoms with Crippen LogP contribution in [0.15, 0.2) is 0 Å². The van der Waals surface area contributed by atoms with E-state index in [0.29, 0.717) is 11.5 Å². The molecule has 2 fully saturated rings. The minimum Gasteiger partial charge on any atom is -0.480 e. The van der Waals surface area contributed by atoms with Crippen LogP contribution in [-0.4, -0.2) is 59.6 Å². The van der Waals surface area contributed by atoms with Crippen molar-refractivity contribution in [3.8, 4) is 0 Å². The predicted octanol–water partition coefficient (Wildman–Crippen LogP) is 0.877. The lowest BCUT2D eigenvalue weighted by molar-refractivity contribution is -0.141. The van der Waals surface area contributed by atoms with Gasteiger partial charge in [0.2, 0.25) is 0 Å². The molecular weight excluding hydrogens is 204 g/mol. The van der Waals surface area contributed by atoms with E-state index in [9.17, 15) is 4.79 Å². The van der Waals surface area contributed by atoms with Crippen LogP contribution in [0.1, 0.15) is 26.7 Å². The topological polar surface area (TPSA) is 43.8 Å². The monoisotopic (exact) mass is 226 g/mol. The van der Waals surface area contributed by atoms with Crippen LogP contribution < -0.4 is 0 Å². The van der Waals surface area contributed by atoms with Crippen molar-refractivity contribution in [3.05, 3.63) is 0 Å². The minimum absolute atomic E-state index is 0.213. The Morgan fingerprint density at radius 1 is 1.44 bits per heavy atom. The van der Waals surface area contributed by atoms with E-state index >= 15 is 0 Å². The van der Waals surface area contributed by atoms with Gasteiger partial charge in [-0.05, 0) is 26.3 Å². The Bertz CT molecular complexity index is 274. The van der Waals surface area contributed by atoms with Crippen LogP contribution >= 0.6 is 0 Å². The lowest BCUT2D eigenvalue weighted by atomic mass is 9.79. The Morgan fingerprint density at radius 3 is 2.69 bits per heavy atom. The van der Waals surface area contributed by atoms with E-state index in [1.165, 1.54) is 19.4 Å². The van der Waals surface area contributed by atoms with Crippen molar-refractivity contribution in [2.45, 2.75) is 32.7 Å². The summed E-state index contributed by atoms with van der Waals surface area (Å²) < 4.78 is 0. The molecule has 0 amide bonds. The molecule has 2 saturated heterocycles. The van der Waals surface area contributed by atoms with E-state index in [0.717, 1.165) is 19.6 Å². The Balaban J connectivity index is 1.80. The molecular formula is C12H22N2O2. The van der Waals surface area contributed by atoms with Gasteiger partial charge in [0, 0.05) is 31.1 Å². The van der Waals surface area contributed by atoms with Gasteiger partial charge in [0.05, 0.1) is 6.54 Å². The van der Waals surface area contributed by atoms with Gasteiger partial charge in [0.15, 0.2) is 0 Å². The lowest BCUT2D eigenvalue weighted by Crippen LogP contribution is -2.58. The van der Waals surface area contributed by atoms with Crippen LogP contribution in [0.4, 0.5) is 0 Å². The van der Waals surface area contributed by atoms with Crippen LogP contribution in [0.3, 0.4) is 0 Å². The molecule has 2 aliphatic rings. The van der Waals surface area contributed by atoms with Crippen molar-refractivity contribution < 1.29 is 9.90 Å². The molecule has 0 aromatic heterocycles. The molecule has 2 aliphatic heterocycles. The highest BCUT2D eigenvalue weighted by Crippen LogP contribution is 2.40. The van der Waals surface area contributed by atoms with Crippen LogP contribution in [0.25, 0.3) is 0 Å². The van der Waals surface area contributed by atoms with E-state index in [1.807, 2.05) is 4.90 Å². The molecule has 1 spiro atoms. The van der Waals surface area contributed by atoms with E-state index in [1.54, 1.807) is 0 Å². The standard InChI is InChI=1S/C12H22N2O2/c1-3-10(2)14-5-4-12(9-14)7-13(8-12)6-11(15)16/h10H,3-9H2,1-2H3,(H,15,16). The largest absolute Gasteiger partial charge is 0.480 e. The highest BCUT2D eigenvalue weighted by atomic mass is 16.4. The van der Waals surface area contributed by atoms with Crippen LogP contribution in [0.2, 0.25) is 0 Å². The van der Waals surface area contributed by atoms with Crippen LogP contribution in [0.5, 0.6) is 0 Å². The second-order valence-electron chi connectivity index (χ2n) is 5.52. The first kappa shape index (κ1) is 11.9. The Labute approximate surface area is 97.2 Å². The molecule has 2 rings (SSSR count). The predicted molar refractivity (Wildman–Crippen MR) is 62.5 cm³/mol. The second-order valence-corrected chi connectivity index (χ2v) is 5.52. The van der Waals surface area contributed by atoms with E-state index < -0.39 is 5.97 Å². The first-order valence-corrected chi connectivity index (χ1v) is 6.23. The molecule has 1 atom stereocenters. The maximum Gasteiger partial charge on any atom is 0.317 e. The summed E-state index contributed by atoms with van der Waals surface area (Å²) in [6.45, 7) is 9.04. The van der Waals surface area contributed by atoms with E-state index in [4.69, 9.17) is 5.11 Å². The zero-order valence-corrected chi connectivity index (χ0v) is 10.3. The number of nitrogens with zero attached hydrogens (tertiary/aromatic N) is 2. The number of hydrogen-bond donors (Lipinski definition) is 1. The molecule has 16 heavy (non-hydrogen) atoms. The Hall–Kier alpha value is -0.610. The van der Waals surface area contributed by atoms with Crippen molar-refractivity contribution in [1.82, 2.24) is 9.80 Å². The minimum atomic E-state index is -0.702. The molecule has 1 unspecified atom stereocenters. The van der Waals surface area contributed by atoms with Gasteiger partial charge in [0.25, 0.3) is 0 Å². The molecule has 4 heteroatoms. The molecule has 4 nitrogen and oxygen atoms in total. The summed E-state index contributed by atoms with van der Waals surface area (Å²) in [6.07, 6.45) is 2.45. The number of carbonyl (C=O) groups is 1. The summed E-state index contributed by atoms with van der Waals surface area (Å²) in [5.74, 6) is -0.702. The van der Waals surface area contributed by atoms with Gasteiger partial charge in [-0.2, -0.15) is 0 Å². The quantitative estimate of drug-likeness (QED) is 0.773. The highest BCUT2D eigenvalue weighted by molar-refractivity contribution is 5.69. The lowest BCUT2D eigenvalue weighted by Gasteiger charge is -2.47. The zero-order valence-electron chi connectivity index (χ0n) is 10.3. The number of carboxylic acids is 1. The van der Waals surface area contributed by atoms with Crippen molar-refractivity contribution in [1.29, 1.82) is 0 Å². The number of carboxylic acid groups (broad SMARTS) is 1. The van der Waals surface area contributed by atoms with Crippen molar-refractivity contribution in [3.63, 3.8) is 0 Å². The zero-order chi connectivity index (χ0) is 11.8. The van der Waals surface area contributed by atoms with Gasteiger partial charge >= 0.3 is 5.97 Å². The Kier molecular flexibility index (Phi) is 3.22. The number of likely N-dealkylation sites (tertiary alicyclic amines) is 2. The summed E-state index contributed by atoms with van der Waals surface area (Å²) in [5, 5.41) is 8.71. The molecule has 0 bridgehead atoms. The third-order valence-corrected chi connectivity index (χ3v) is 4.16. The van der Waals surface area contributed by atoms with Gasteiger partial charge in [-0.1, -0.05) is 6.92 Å². The van der Waals surface area contributed by atoms with Crippen molar-refractivity contribution >= 4 is 5.97 Å². The van der Waals surface area contributed by atoms with Crippen molar-refractivity contribution in [2.75, 3.05) is 32.7 Å². The fourth-order valence-corrected chi connectivity index (χ4v) is 3.07. The molecule has 0 aromatic rings. The third kappa shape index (κ3) is 2.23. The highest BCUT2D eigenvalue weighted by Gasteiger charge is 2.48. The third-order valence-electron chi connectivity index (χ3n) is 4.16. The summed E-state index contributed by atoms with van der Waals surface area (Å²) in [6, 6.07) is 0.674. The first-order chi connectivity index (χ1) is 7.54. The molecule has 0 aliphatic carbocycles. The number of hydrogen-bond acceptors (Lipinski definition) is 3. The van der Waals surface area contributed by atoms with Gasteiger partial charge < -0.3 is 5.11 Å². The molecule has 2 heterocycles. The average molecular weight is 226 g/mol. The van der Waals surface area contributed by atoms with Crippen molar-refractivity contribution in [2.24, 2.45) is 5.41 Å². The Morgan fingerprint density at radius 2 is 2.12 bits per heavy atom. The maximum atomic E-state index is 10.6. The first-order valence-electron chi connectivity index (χ1n) is 6.23. The van der Waals surface area contributed by atoms with Gasteiger partial charge in [-0.15, -0.1) is 0 Å². The van der Waals surface area contributed by atoms with E-state index in [2.05, 4.69) is 18.7 Å². The van der Waals surface area contributed by atoms with Gasteiger partial charge in [0.1, 0.15) is 0 Å². The molecule has 1 N–H and O–H groups in total. The average Bonchev–Trinajstić information content (AvgIpc) is 2.60. The molecule has 0 radical (unpaired) electrons. The maximum absolute atomic E-state index is 10.6. The fourth-order valence-electron chi connectivity index (χ4n) is 3.07.